The van der Waals surface area contributed by atoms with Crippen molar-refractivity contribution in [2.45, 2.75) is 19.4 Å². The molecule has 3 aromatic heterocycles. The maximum Gasteiger partial charge on any atom is 0.258 e. The average Bonchev–Trinajstić information content (AvgIpc) is 3.32. The number of aromatic nitrogens is 5. The van der Waals surface area contributed by atoms with Crippen LogP contribution < -0.4 is 0 Å². The Hall–Kier alpha value is -3.69. The van der Waals surface area contributed by atoms with E-state index in [4.69, 9.17) is 0 Å². The predicted octanol–water partition coefficient (Wildman–Crippen LogP) is 3.31. The molecule has 31 heavy (non-hydrogen) atoms. The topological polar surface area (TPSA) is 68.3 Å². The Morgan fingerprint density at radius 1 is 1.16 bits per heavy atom. The van der Waals surface area contributed by atoms with Crippen LogP contribution >= 0.6 is 0 Å². The van der Waals surface area contributed by atoms with Crippen LogP contribution in [-0.4, -0.2) is 41.7 Å². The summed E-state index contributed by atoms with van der Waals surface area (Å²) in [6, 6.07) is 1.55. The number of rotatable bonds is 2. The average molecular weight is 426 g/mol. The quantitative estimate of drug-likeness (QED) is 0.462. The van der Waals surface area contributed by atoms with E-state index in [0.717, 1.165) is 17.7 Å². The smallest absolute Gasteiger partial charge is 0.258 e. The van der Waals surface area contributed by atoms with E-state index in [1.54, 1.807) is 35.1 Å². The number of fused-ring (bicyclic) bond motifs is 2. The lowest BCUT2D eigenvalue weighted by Gasteiger charge is -2.32. The first-order chi connectivity index (χ1) is 14.9. The van der Waals surface area contributed by atoms with Gasteiger partial charge < -0.3 is 4.90 Å². The van der Waals surface area contributed by atoms with Crippen LogP contribution in [0.5, 0.6) is 0 Å². The lowest BCUT2D eigenvalue weighted by Crippen LogP contribution is -2.38. The molecule has 1 amide bonds. The number of amides is 1. The van der Waals surface area contributed by atoms with Crippen LogP contribution in [0.3, 0.4) is 0 Å². The molecule has 0 aliphatic carbocycles. The number of aryl methyl sites for hydroxylation is 1. The fourth-order valence-corrected chi connectivity index (χ4v) is 4.23. The molecule has 1 unspecified atom stereocenters. The minimum absolute atomic E-state index is 0.202. The molecular formula is C21H17F3N6O. The van der Waals surface area contributed by atoms with Gasteiger partial charge >= 0.3 is 0 Å². The Bertz CT molecular complexity index is 1320. The van der Waals surface area contributed by atoms with Gasteiger partial charge in [0.05, 0.1) is 40.9 Å². The summed E-state index contributed by atoms with van der Waals surface area (Å²) in [5.74, 6) is -4.22. The summed E-state index contributed by atoms with van der Waals surface area (Å²) in [6.45, 7) is 2.23. The lowest BCUT2D eigenvalue weighted by molar-refractivity contribution is 0.0675. The molecule has 1 aliphatic heterocycles. The molecule has 4 heterocycles. The molecule has 5 rings (SSSR count). The van der Waals surface area contributed by atoms with Gasteiger partial charge in [-0.25, -0.2) is 17.7 Å². The van der Waals surface area contributed by atoms with Crippen LogP contribution in [0.15, 0.2) is 36.9 Å². The van der Waals surface area contributed by atoms with Crippen molar-refractivity contribution in [3.63, 3.8) is 0 Å². The number of hydrogen-bond donors (Lipinski definition) is 0. The maximum atomic E-state index is 13.8. The molecule has 158 valence electrons. The molecule has 1 atom stereocenters. The largest absolute Gasteiger partial charge is 0.330 e. The Kier molecular flexibility index (Phi) is 4.31. The number of carbonyl (C=O) groups excluding carboxylic acids is 1. The fraction of sp³-hybridized carbons (Fsp3) is 0.238. The van der Waals surface area contributed by atoms with Crippen molar-refractivity contribution >= 4 is 11.4 Å². The van der Waals surface area contributed by atoms with Gasteiger partial charge in [0, 0.05) is 37.1 Å². The molecule has 1 aliphatic rings. The molecule has 0 fully saturated rings. The monoisotopic (exact) mass is 426 g/mol. The summed E-state index contributed by atoms with van der Waals surface area (Å²) >= 11 is 0. The van der Waals surface area contributed by atoms with Gasteiger partial charge in [0.1, 0.15) is 0 Å². The van der Waals surface area contributed by atoms with Gasteiger partial charge in [-0.15, -0.1) is 0 Å². The number of hydrogen-bond acceptors (Lipinski definition) is 4. The Morgan fingerprint density at radius 2 is 1.90 bits per heavy atom. The molecular weight excluding hydrogens is 409 g/mol. The SMILES string of the molecule is CC1c2nn(C)c(-c3cc(F)c(F)c(F)c3)c2CCN1C(=O)c1cnn2ccncc12. The summed E-state index contributed by atoms with van der Waals surface area (Å²) in [4.78, 5) is 19.0. The van der Waals surface area contributed by atoms with Crippen LogP contribution in [-0.2, 0) is 13.5 Å². The van der Waals surface area contributed by atoms with E-state index in [1.165, 1.54) is 10.9 Å². The molecule has 0 saturated heterocycles. The third-order valence-corrected chi connectivity index (χ3v) is 5.72. The third kappa shape index (κ3) is 2.89. The molecule has 4 aromatic rings. The number of carbonyl (C=O) groups is 1. The molecule has 10 heteroatoms. The van der Waals surface area contributed by atoms with E-state index in [2.05, 4.69) is 15.2 Å². The van der Waals surface area contributed by atoms with E-state index >= 15 is 0 Å². The van der Waals surface area contributed by atoms with Gasteiger partial charge in [0.25, 0.3) is 5.91 Å². The van der Waals surface area contributed by atoms with E-state index in [-0.39, 0.29) is 17.5 Å². The van der Waals surface area contributed by atoms with Crippen molar-refractivity contribution < 1.29 is 18.0 Å². The first-order valence-corrected chi connectivity index (χ1v) is 9.65. The van der Waals surface area contributed by atoms with Gasteiger partial charge in [-0.1, -0.05) is 0 Å². The standard InChI is InChI=1S/C21H17F3N6O/c1-11-19-13(20(28(2)27-19)12-7-15(22)18(24)16(23)8-12)3-5-29(11)21(31)14-9-26-30-6-4-25-10-17(14)30/h4,6-11H,3,5H2,1-2H3. The summed E-state index contributed by atoms with van der Waals surface area (Å²) in [6.07, 6.45) is 6.77. The minimum atomic E-state index is -1.51. The molecule has 0 spiro atoms. The summed E-state index contributed by atoms with van der Waals surface area (Å²) in [5, 5.41) is 8.71. The summed E-state index contributed by atoms with van der Waals surface area (Å²) in [7, 11) is 1.66. The molecule has 0 saturated carbocycles. The van der Waals surface area contributed by atoms with Gasteiger partial charge in [-0.05, 0) is 25.5 Å². The second-order valence-electron chi connectivity index (χ2n) is 7.48. The number of nitrogens with zero attached hydrogens (tertiary/aromatic N) is 6. The van der Waals surface area contributed by atoms with E-state index in [9.17, 15) is 18.0 Å². The number of halogens is 3. The van der Waals surface area contributed by atoms with E-state index < -0.39 is 17.5 Å². The van der Waals surface area contributed by atoms with Crippen molar-refractivity contribution in [1.82, 2.24) is 29.3 Å². The molecule has 0 bridgehead atoms. The van der Waals surface area contributed by atoms with Gasteiger partial charge in [0.15, 0.2) is 17.5 Å². The normalized spacial score (nSPS) is 16.0. The Balaban J connectivity index is 1.53. The second kappa shape index (κ2) is 6.93. The highest BCUT2D eigenvalue weighted by molar-refractivity contribution is 6.00. The zero-order chi connectivity index (χ0) is 21.9. The van der Waals surface area contributed by atoms with Crippen molar-refractivity contribution in [3.8, 4) is 11.3 Å². The van der Waals surface area contributed by atoms with Crippen molar-refractivity contribution in [2.75, 3.05) is 6.54 Å². The zero-order valence-corrected chi connectivity index (χ0v) is 16.7. The number of benzene rings is 1. The van der Waals surface area contributed by atoms with Crippen molar-refractivity contribution in [2.24, 2.45) is 7.05 Å². The zero-order valence-electron chi connectivity index (χ0n) is 16.7. The molecule has 7 nitrogen and oxygen atoms in total. The molecule has 0 N–H and O–H groups in total. The van der Waals surface area contributed by atoms with Crippen molar-refractivity contribution in [1.29, 1.82) is 0 Å². The first-order valence-electron chi connectivity index (χ1n) is 9.65. The summed E-state index contributed by atoms with van der Waals surface area (Å²) in [5.41, 5.74) is 3.16. The lowest BCUT2D eigenvalue weighted by atomic mass is 9.95. The van der Waals surface area contributed by atoms with Crippen LogP contribution in [0.4, 0.5) is 13.2 Å². The maximum absolute atomic E-state index is 13.8. The molecule has 1 aromatic carbocycles. The summed E-state index contributed by atoms with van der Waals surface area (Å²) < 4.78 is 44.1. The van der Waals surface area contributed by atoms with Crippen LogP contribution in [0.1, 0.15) is 34.6 Å². The highest BCUT2D eigenvalue weighted by Crippen LogP contribution is 2.37. The van der Waals surface area contributed by atoms with Crippen LogP contribution in [0, 0.1) is 17.5 Å². The third-order valence-electron chi connectivity index (χ3n) is 5.72. The predicted molar refractivity (Wildman–Crippen MR) is 105 cm³/mol. The van der Waals surface area contributed by atoms with Crippen LogP contribution in [0.25, 0.3) is 16.8 Å². The Morgan fingerprint density at radius 3 is 2.65 bits per heavy atom. The van der Waals surface area contributed by atoms with Gasteiger partial charge in [-0.3, -0.25) is 14.5 Å². The van der Waals surface area contributed by atoms with E-state index in [1.807, 2.05) is 6.92 Å². The fourth-order valence-electron chi connectivity index (χ4n) is 4.23. The van der Waals surface area contributed by atoms with Gasteiger partial charge in [0.2, 0.25) is 0 Å². The highest BCUT2D eigenvalue weighted by atomic mass is 19.2. The minimum Gasteiger partial charge on any atom is -0.330 e. The van der Waals surface area contributed by atoms with Gasteiger partial charge in [-0.2, -0.15) is 10.2 Å². The first kappa shape index (κ1) is 19.3. The van der Waals surface area contributed by atoms with E-state index in [0.29, 0.717) is 35.4 Å². The molecule has 0 radical (unpaired) electrons. The second-order valence-corrected chi connectivity index (χ2v) is 7.48. The Labute approximate surface area is 174 Å². The highest BCUT2D eigenvalue weighted by Gasteiger charge is 2.34. The van der Waals surface area contributed by atoms with Crippen LogP contribution in [0.2, 0.25) is 0 Å². The van der Waals surface area contributed by atoms with Crippen molar-refractivity contribution in [3.05, 3.63) is 71.2 Å².